The molecule has 0 heterocycles. The van der Waals surface area contributed by atoms with Gasteiger partial charge in [0.05, 0.1) is 0 Å². The van der Waals surface area contributed by atoms with E-state index in [0.29, 0.717) is 12.0 Å². The molecule has 1 aliphatic carbocycles. The van der Waals surface area contributed by atoms with E-state index in [4.69, 9.17) is 0 Å². The second-order valence-electron chi connectivity index (χ2n) is 4.02. The molecule has 0 aromatic carbocycles. The van der Waals surface area contributed by atoms with Gasteiger partial charge in [-0.25, -0.2) is 0 Å². The summed E-state index contributed by atoms with van der Waals surface area (Å²) in [4.78, 5) is 0. The maximum atomic E-state index is 3.93. The molecule has 2 N–H and O–H groups in total. The van der Waals surface area contributed by atoms with Gasteiger partial charge in [-0.1, -0.05) is 6.08 Å². The summed E-state index contributed by atoms with van der Waals surface area (Å²) in [5.74, 6) is 1.49. The summed E-state index contributed by atoms with van der Waals surface area (Å²) >= 11 is 0. The van der Waals surface area contributed by atoms with Gasteiger partial charge >= 0.3 is 0 Å². The molecule has 0 aliphatic heterocycles. The van der Waals surface area contributed by atoms with E-state index in [-0.39, 0.29) is 0 Å². The van der Waals surface area contributed by atoms with Crippen LogP contribution in [0.25, 0.3) is 0 Å². The van der Waals surface area contributed by atoms with Gasteiger partial charge in [-0.2, -0.15) is 0 Å². The first-order chi connectivity index (χ1) is 6.31. The quantitative estimate of drug-likeness (QED) is 0.480. The third kappa shape index (κ3) is 2.85. The Morgan fingerprint density at radius 2 is 2.31 bits per heavy atom. The number of hydrogen-bond donors (Lipinski definition) is 2. The normalized spacial score (nSPS) is 34.4. The van der Waals surface area contributed by atoms with Gasteiger partial charge in [-0.05, 0) is 50.7 Å². The van der Waals surface area contributed by atoms with E-state index >= 15 is 0 Å². The van der Waals surface area contributed by atoms with Crippen LogP contribution in [0.4, 0.5) is 0 Å². The highest BCUT2D eigenvalue weighted by atomic mass is 14.8. The summed E-state index contributed by atoms with van der Waals surface area (Å²) in [6, 6.07) is 0.705. The van der Waals surface area contributed by atoms with Crippen molar-refractivity contribution < 1.29 is 0 Å². The van der Waals surface area contributed by atoms with E-state index in [2.05, 4.69) is 31.2 Å². The molecule has 3 heteroatoms. The summed E-state index contributed by atoms with van der Waals surface area (Å²) in [7, 11) is 4.09. The summed E-state index contributed by atoms with van der Waals surface area (Å²) in [5, 5.41) is 6.63. The highest BCUT2D eigenvalue weighted by molar-refractivity contribution is 6.04. The first-order valence-electron chi connectivity index (χ1n) is 5.26. The van der Waals surface area contributed by atoms with Crippen molar-refractivity contribution in [2.45, 2.75) is 25.3 Å². The predicted molar refractivity (Wildman–Crippen MR) is 60.4 cm³/mol. The molecule has 0 radical (unpaired) electrons. The number of rotatable bonds is 4. The first kappa shape index (κ1) is 10.8. The maximum absolute atomic E-state index is 3.93. The molecule has 0 aromatic rings. The van der Waals surface area contributed by atoms with E-state index < -0.39 is 0 Å². The van der Waals surface area contributed by atoms with Crippen LogP contribution in [0.15, 0.2) is 12.7 Å². The molecule has 74 valence electrons. The fourth-order valence-corrected chi connectivity index (χ4v) is 2.33. The Labute approximate surface area is 82.6 Å². The van der Waals surface area contributed by atoms with Crippen molar-refractivity contribution in [3.63, 3.8) is 0 Å². The highest BCUT2D eigenvalue weighted by Gasteiger charge is 2.26. The Kier molecular flexibility index (Phi) is 4.53. The molecule has 1 fully saturated rings. The SMILES string of the molecule is BN[C@H]1CC[C@H](CNC)[C@H](C=C)C1. The summed E-state index contributed by atoms with van der Waals surface area (Å²) in [6.07, 6.45) is 6.02. The van der Waals surface area contributed by atoms with Gasteiger partial charge in [-0.15, -0.1) is 6.58 Å². The molecule has 0 bridgehead atoms. The van der Waals surface area contributed by atoms with Crippen molar-refractivity contribution in [1.82, 2.24) is 10.5 Å². The van der Waals surface area contributed by atoms with Crippen molar-refractivity contribution in [1.29, 1.82) is 0 Å². The molecule has 0 unspecified atom stereocenters. The molecule has 1 aliphatic rings. The van der Waals surface area contributed by atoms with E-state index in [1.165, 1.54) is 19.3 Å². The Morgan fingerprint density at radius 3 is 2.85 bits per heavy atom. The van der Waals surface area contributed by atoms with Gasteiger partial charge in [0, 0.05) is 0 Å². The smallest absolute Gasteiger partial charge is 0.182 e. The Balaban J connectivity index is 2.44. The summed E-state index contributed by atoms with van der Waals surface area (Å²) in [6.45, 7) is 5.06. The lowest BCUT2D eigenvalue weighted by Crippen LogP contribution is -2.38. The molecule has 1 rings (SSSR count). The van der Waals surface area contributed by atoms with Gasteiger partial charge in [0.25, 0.3) is 0 Å². The highest BCUT2D eigenvalue weighted by Crippen LogP contribution is 2.30. The Hall–Kier alpha value is -0.275. The Bertz CT molecular complexity index is 161. The molecule has 0 saturated heterocycles. The van der Waals surface area contributed by atoms with Crippen LogP contribution in [0.3, 0.4) is 0 Å². The predicted octanol–water partition coefficient (Wildman–Crippen LogP) is 0.314. The largest absolute Gasteiger partial charge is 0.359 e. The van der Waals surface area contributed by atoms with Crippen LogP contribution in [0, 0.1) is 11.8 Å². The molecule has 3 atom stereocenters. The zero-order valence-corrected chi connectivity index (χ0v) is 8.84. The van der Waals surface area contributed by atoms with Crippen LogP contribution < -0.4 is 10.5 Å². The van der Waals surface area contributed by atoms with Crippen LogP contribution >= 0.6 is 0 Å². The van der Waals surface area contributed by atoms with Crippen molar-refractivity contribution in [2.24, 2.45) is 11.8 Å². The summed E-state index contributed by atoms with van der Waals surface area (Å²) in [5.41, 5.74) is 0. The molecule has 13 heavy (non-hydrogen) atoms. The molecule has 0 spiro atoms. The molecular weight excluding hydrogens is 159 g/mol. The average molecular weight is 180 g/mol. The molecule has 2 nitrogen and oxygen atoms in total. The third-order valence-corrected chi connectivity index (χ3v) is 3.23. The van der Waals surface area contributed by atoms with Crippen LogP contribution in [0.5, 0.6) is 0 Å². The number of allylic oxidation sites excluding steroid dienone is 1. The van der Waals surface area contributed by atoms with Crippen molar-refractivity contribution >= 4 is 7.98 Å². The van der Waals surface area contributed by atoms with Gasteiger partial charge in [0.2, 0.25) is 0 Å². The van der Waals surface area contributed by atoms with E-state index in [1.807, 2.05) is 7.05 Å². The van der Waals surface area contributed by atoms with Crippen molar-refractivity contribution in [2.75, 3.05) is 13.6 Å². The van der Waals surface area contributed by atoms with E-state index in [1.54, 1.807) is 0 Å². The molecule has 1 saturated carbocycles. The lowest BCUT2D eigenvalue weighted by Gasteiger charge is -2.34. The monoisotopic (exact) mass is 180 g/mol. The van der Waals surface area contributed by atoms with Crippen LogP contribution in [0.2, 0.25) is 0 Å². The topological polar surface area (TPSA) is 24.1 Å². The molecule has 0 amide bonds. The van der Waals surface area contributed by atoms with Gasteiger partial charge in [0.15, 0.2) is 7.98 Å². The van der Waals surface area contributed by atoms with E-state index in [9.17, 15) is 0 Å². The summed E-state index contributed by atoms with van der Waals surface area (Å²) < 4.78 is 0. The van der Waals surface area contributed by atoms with Crippen molar-refractivity contribution in [3.8, 4) is 0 Å². The first-order valence-corrected chi connectivity index (χ1v) is 5.26. The number of hydrogen-bond acceptors (Lipinski definition) is 2. The zero-order valence-electron chi connectivity index (χ0n) is 8.84. The second-order valence-corrected chi connectivity index (χ2v) is 4.02. The van der Waals surface area contributed by atoms with Gasteiger partial charge in [-0.3, -0.25) is 0 Å². The minimum atomic E-state index is 0.693. The third-order valence-electron chi connectivity index (χ3n) is 3.23. The minimum Gasteiger partial charge on any atom is -0.359 e. The maximum Gasteiger partial charge on any atom is 0.182 e. The molecule has 0 aromatic heterocycles. The minimum absolute atomic E-state index is 0.693. The molecular formula is C10H21BN2. The van der Waals surface area contributed by atoms with Crippen molar-refractivity contribution in [3.05, 3.63) is 12.7 Å². The number of nitrogens with one attached hydrogen (secondary N) is 2. The Morgan fingerprint density at radius 1 is 1.54 bits per heavy atom. The van der Waals surface area contributed by atoms with E-state index in [0.717, 1.165) is 12.5 Å². The van der Waals surface area contributed by atoms with Crippen LogP contribution in [-0.4, -0.2) is 27.6 Å². The lowest BCUT2D eigenvalue weighted by molar-refractivity contribution is 0.247. The lowest BCUT2D eigenvalue weighted by atomic mass is 9.76. The van der Waals surface area contributed by atoms with Crippen LogP contribution in [0.1, 0.15) is 19.3 Å². The second kappa shape index (κ2) is 5.45. The van der Waals surface area contributed by atoms with Gasteiger partial charge < -0.3 is 10.5 Å². The zero-order chi connectivity index (χ0) is 9.68. The van der Waals surface area contributed by atoms with Crippen LogP contribution in [-0.2, 0) is 0 Å². The standard InChI is InChI=1S/C10H21BN2/c1-3-8-6-10(13-11)5-4-9(8)7-12-2/h3,8-10,12-13H,1,4-7,11H2,2H3/t8-,9-,10+/m1/s1. The fraction of sp³-hybridized carbons (Fsp3) is 0.800. The van der Waals surface area contributed by atoms with Gasteiger partial charge in [0.1, 0.15) is 0 Å². The fourth-order valence-electron chi connectivity index (χ4n) is 2.33. The average Bonchev–Trinajstić information content (AvgIpc) is 2.19.